The first-order chi connectivity index (χ1) is 26.0. The van der Waals surface area contributed by atoms with Gasteiger partial charge in [0.05, 0.1) is 84.7 Å². The van der Waals surface area contributed by atoms with E-state index in [1.807, 2.05) is 12.1 Å². The Kier molecular flexibility index (Phi) is 7.84. The predicted octanol–water partition coefficient (Wildman–Crippen LogP) is 7.82. The van der Waals surface area contributed by atoms with Gasteiger partial charge in [-0.25, -0.2) is 0 Å². The standard InChI is InChI=1S/C45H48O9/c1-41(17-46-18-41)25-50-29-5-9-33-34-10-6-30(51-26-42(2)19-47-20-42)14-38(34)45(37(33)13-29)35-11-7-31(52-27-43(3)21-48-22-43)15-39(35)54-40-16-32(8-12-36(40)45)53-28-44(4)23-49-24-44/h5-16H,17-28H2,1-4H3. The molecule has 4 fully saturated rings. The SMILES string of the molecule is CC1(COc2ccc3c(c2)Oc2cc(OCC4(C)COC4)ccc2C32c3cc(OCC4(C)COC4)ccc3-c3ccc(OCC4(C)COC4)cc32)COC1. The molecule has 282 valence electrons. The quantitative estimate of drug-likeness (QED) is 0.125. The first-order valence-electron chi connectivity index (χ1n) is 19.1. The Morgan fingerprint density at radius 2 is 0.722 bits per heavy atom. The van der Waals surface area contributed by atoms with Crippen molar-refractivity contribution in [2.75, 3.05) is 79.3 Å². The summed E-state index contributed by atoms with van der Waals surface area (Å²) in [6, 6.07) is 25.6. The van der Waals surface area contributed by atoms with E-state index in [0.29, 0.717) is 79.3 Å². The smallest absolute Gasteiger partial charge is 0.135 e. The second-order valence-corrected chi connectivity index (χ2v) is 18.0. The summed E-state index contributed by atoms with van der Waals surface area (Å²) < 4.78 is 54.9. The lowest BCUT2D eigenvalue weighted by atomic mass is 9.66. The predicted molar refractivity (Wildman–Crippen MR) is 202 cm³/mol. The molecule has 0 unspecified atom stereocenters. The van der Waals surface area contributed by atoms with Crippen LogP contribution in [0.15, 0.2) is 72.8 Å². The van der Waals surface area contributed by atoms with Crippen molar-refractivity contribution < 1.29 is 42.6 Å². The average Bonchev–Trinajstić information content (AvgIpc) is 3.40. The third-order valence-corrected chi connectivity index (χ3v) is 12.0. The molecule has 9 nitrogen and oxygen atoms in total. The van der Waals surface area contributed by atoms with Gasteiger partial charge in [0.1, 0.15) is 34.5 Å². The van der Waals surface area contributed by atoms with Crippen LogP contribution in [0, 0.1) is 21.7 Å². The molecule has 0 N–H and O–H groups in total. The van der Waals surface area contributed by atoms with Gasteiger partial charge in [-0.1, -0.05) is 52.0 Å². The maximum Gasteiger partial charge on any atom is 0.135 e. The van der Waals surface area contributed by atoms with Crippen molar-refractivity contribution >= 4 is 0 Å². The minimum atomic E-state index is -0.752. The molecule has 5 heterocycles. The van der Waals surface area contributed by atoms with Crippen molar-refractivity contribution in [3.8, 4) is 45.6 Å². The highest BCUT2D eigenvalue weighted by Crippen LogP contribution is 2.63. The normalized spacial score (nSPS) is 22.0. The van der Waals surface area contributed by atoms with Crippen LogP contribution in [0.3, 0.4) is 0 Å². The molecule has 0 radical (unpaired) electrons. The van der Waals surface area contributed by atoms with Gasteiger partial charge < -0.3 is 42.6 Å². The molecule has 0 aromatic heterocycles. The minimum Gasteiger partial charge on any atom is -0.493 e. The fourth-order valence-electron chi connectivity index (χ4n) is 8.44. The fourth-order valence-corrected chi connectivity index (χ4v) is 8.44. The summed E-state index contributed by atoms with van der Waals surface area (Å²) in [5, 5.41) is 0. The first-order valence-corrected chi connectivity index (χ1v) is 19.1. The maximum absolute atomic E-state index is 6.91. The van der Waals surface area contributed by atoms with E-state index in [2.05, 4.69) is 88.4 Å². The zero-order valence-corrected chi connectivity index (χ0v) is 31.6. The van der Waals surface area contributed by atoms with E-state index >= 15 is 0 Å². The summed E-state index contributed by atoms with van der Waals surface area (Å²) in [5.74, 6) is 4.63. The zero-order chi connectivity index (χ0) is 36.8. The molecule has 4 aromatic rings. The van der Waals surface area contributed by atoms with Crippen LogP contribution in [0.4, 0.5) is 0 Å². The molecular weight excluding hydrogens is 684 g/mol. The van der Waals surface area contributed by atoms with Crippen LogP contribution in [0.1, 0.15) is 49.9 Å². The lowest BCUT2D eigenvalue weighted by molar-refractivity contribution is -0.120. The van der Waals surface area contributed by atoms with Gasteiger partial charge in [0, 0.05) is 44.9 Å². The van der Waals surface area contributed by atoms with Gasteiger partial charge >= 0.3 is 0 Å². The van der Waals surface area contributed by atoms with Crippen LogP contribution in [-0.2, 0) is 24.4 Å². The largest absolute Gasteiger partial charge is 0.493 e. The highest BCUT2D eigenvalue weighted by atomic mass is 16.5. The van der Waals surface area contributed by atoms with E-state index in [9.17, 15) is 0 Å². The number of hydrogen-bond donors (Lipinski definition) is 0. The number of ether oxygens (including phenoxy) is 9. The summed E-state index contributed by atoms with van der Waals surface area (Å²) in [6.07, 6.45) is 0. The Balaban J connectivity index is 1.12. The average molecular weight is 733 g/mol. The van der Waals surface area contributed by atoms with Crippen molar-refractivity contribution in [1.82, 2.24) is 0 Å². The zero-order valence-electron chi connectivity index (χ0n) is 31.6. The van der Waals surface area contributed by atoms with Crippen LogP contribution in [0.25, 0.3) is 11.1 Å². The molecule has 4 aromatic carbocycles. The Labute approximate surface area is 316 Å². The molecule has 1 aliphatic carbocycles. The molecule has 0 saturated carbocycles. The Bertz CT molecular complexity index is 1960. The second kappa shape index (κ2) is 12.4. The van der Waals surface area contributed by atoms with Gasteiger partial charge in [0.25, 0.3) is 0 Å². The molecule has 10 rings (SSSR count). The fraction of sp³-hybridized carbons (Fsp3) is 0.467. The molecule has 4 saturated heterocycles. The highest BCUT2D eigenvalue weighted by Gasteiger charge is 2.52. The molecule has 9 heteroatoms. The van der Waals surface area contributed by atoms with Crippen LogP contribution < -0.4 is 23.7 Å². The number of rotatable bonds is 12. The van der Waals surface area contributed by atoms with Crippen molar-refractivity contribution in [1.29, 1.82) is 0 Å². The topological polar surface area (TPSA) is 83.1 Å². The number of fused-ring (bicyclic) bond motifs is 9. The summed E-state index contributed by atoms with van der Waals surface area (Å²) in [5.41, 5.74) is 5.88. The van der Waals surface area contributed by atoms with Crippen LogP contribution in [-0.4, -0.2) is 79.3 Å². The molecule has 1 spiro atoms. The number of hydrogen-bond acceptors (Lipinski definition) is 9. The monoisotopic (exact) mass is 732 g/mol. The molecule has 6 aliphatic rings. The lowest BCUT2D eigenvalue weighted by Crippen LogP contribution is -2.44. The van der Waals surface area contributed by atoms with E-state index in [-0.39, 0.29) is 21.7 Å². The van der Waals surface area contributed by atoms with Crippen molar-refractivity contribution in [2.45, 2.75) is 33.1 Å². The summed E-state index contributed by atoms with van der Waals surface area (Å²) in [6.45, 7) is 16.7. The molecule has 0 atom stereocenters. The van der Waals surface area contributed by atoms with Crippen LogP contribution >= 0.6 is 0 Å². The van der Waals surface area contributed by atoms with E-state index in [1.54, 1.807) is 0 Å². The summed E-state index contributed by atoms with van der Waals surface area (Å²) in [4.78, 5) is 0. The van der Waals surface area contributed by atoms with Crippen LogP contribution in [0.2, 0.25) is 0 Å². The lowest BCUT2D eigenvalue weighted by Gasteiger charge is -2.41. The van der Waals surface area contributed by atoms with E-state index in [4.69, 9.17) is 42.6 Å². The van der Waals surface area contributed by atoms with E-state index in [0.717, 1.165) is 67.9 Å². The third-order valence-electron chi connectivity index (χ3n) is 12.0. The van der Waals surface area contributed by atoms with Crippen molar-refractivity contribution in [3.63, 3.8) is 0 Å². The minimum absolute atomic E-state index is 0.000422. The Morgan fingerprint density at radius 1 is 0.407 bits per heavy atom. The van der Waals surface area contributed by atoms with Crippen molar-refractivity contribution in [3.05, 3.63) is 95.1 Å². The van der Waals surface area contributed by atoms with Gasteiger partial charge in [0.15, 0.2) is 0 Å². The summed E-state index contributed by atoms with van der Waals surface area (Å²) >= 11 is 0. The van der Waals surface area contributed by atoms with Gasteiger partial charge in [-0.05, 0) is 58.7 Å². The first kappa shape index (κ1) is 34.2. The molecule has 0 amide bonds. The highest BCUT2D eigenvalue weighted by molar-refractivity contribution is 5.89. The Morgan fingerprint density at radius 3 is 1.04 bits per heavy atom. The Hall–Kier alpha value is -4.28. The summed E-state index contributed by atoms with van der Waals surface area (Å²) in [7, 11) is 0. The van der Waals surface area contributed by atoms with Gasteiger partial charge in [-0.3, -0.25) is 0 Å². The molecule has 54 heavy (non-hydrogen) atoms. The van der Waals surface area contributed by atoms with E-state index in [1.165, 1.54) is 0 Å². The van der Waals surface area contributed by atoms with E-state index < -0.39 is 5.41 Å². The second-order valence-electron chi connectivity index (χ2n) is 18.0. The van der Waals surface area contributed by atoms with Crippen LogP contribution in [0.5, 0.6) is 34.5 Å². The third kappa shape index (κ3) is 5.65. The molecular formula is C45H48O9. The molecule has 5 aliphatic heterocycles. The van der Waals surface area contributed by atoms with Gasteiger partial charge in [-0.15, -0.1) is 0 Å². The molecule has 0 bridgehead atoms. The van der Waals surface area contributed by atoms with Gasteiger partial charge in [-0.2, -0.15) is 0 Å². The van der Waals surface area contributed by atoms with Crippen molar-refractivity contribution in [2.24, 2.45) is 21.7 Å². The van der Waals surface area contributed by atoms with Gasteiger partial charge in [0.2, 0.25) is 0 Å². The maximum atomic E-state index is 6.91. The number of benzene rings is 4.